The van der Waals surface area contributed by atoms with E-state index in [1.807, 2.05) is 0 Å². The van der Waals surface area contributed by atoms with Gasteiger partial charge < -0.3 is 5.73 Å². The van der Waals surface area contributed by atoms with Gasteiger partial charge in [-0.05, 0) is 26.3 Å². The molecule has 2 N–H and O–H groups in total. The minimum absolute atomic E-state index is 0.0132. The third-order valence-corrected chi connectivity index (χ3v) is 3.26. The van der Waals surface area contributed by atoms with Crippen molar-refractivity contribution in [1.82, 2.24) is 14.7 Å². The number of likely N-dealkylation sites (tertiary alicyclic amines) is 1. The third kappa shape index (κ3) is 2.44. The summed E-state index contributed by atoms with van der Waals surface area (Å²) >= 11 is 0. The molecule has 0 radical (unpaired) electrons. The second kappa shape index (κ2) is 4.18. The van der Waals surface area contributed by atoms with Crippen molar-refractivity contribution < 1.29 is 0 Å². The Morgan fingerprint density at radius 1 is 1.56 bits per heavy atom. The summed E-state index contributed by atoms with van der Waals surface area (Å²) in [6.45, 7) is 9.35. The van der Waals surface area contributed by atoms with Crippen molar-refractivity contribution in [3.05, 3.63) is 18.0 Å². The van der Waals surface area contributed by atoms with E-state index in [0.717, 1.165) is 31.7 Å². The van der Waals surface area contributed by atoms with E-state index >= 15 is 0 Å². The van der Waals surface area contributed by atoms with E-state index in [9.17, 15) is 0 Å². The van der Waals surface area contributed by atoms with Gasteiger partial charge in [0.25, 0.3) is 0 Å². The van der Waals surface area contributed by atoms with Crippen LogP contribution in [0.15, 0.2) is 12.3 Å². The fourth-order valence-electron chi connectivity index (χ4n) is 2.21. The fraction of sp³-hybridized carbons (Fsp3) is 0.750. The lowest BCUT2D eigenvalue weighted by Crippen LogP contribution is -2.64. The van der Waals surface area contributed by atoms with Gasteiger partial charge in [-0.25, -0.2) is 0 Å². The van der Waals surface area contributed by atoms with Crippen molar-refractivity contribution in [2.45, 2.75) is 45.3 Å². The van der Waals surface area contributed by atoms with Crippen LogP contribution in [0.4, 0.5) is 0 Å². The number of aromatic nitrogens is 2. The molecule has 4 nitrogen and oxygen atoms in total. The summed E-state index contributed by atoms with van der Waals surface area (Å²) in [7, 11) is 0. The molecule has 90 valence electrons. The maximum absolute atomic E-state index is 5.97. The second-order valence-corrected chi connectivity index (χ2v) is 5.34. The molecule has 0 bridgehead atoms. The quantitative estimate of drug-likeness (QED) is 0.837. The van der Waals surface area contributed by atoms with Crippen molar-refractivity contribution in [3.63, 3.8) is 0 Å². The molecule has 16 heavy (non-hydrogen) atoms. The highest BCUT2D eigenvalue weighted by Gasteiger charge is 2.34. The molecule has 1 aromatic rings. The van der Waals surface area contributed by atoms with E-state index in [0.29, 0.717) is 6.04 Å². The van der Waals surface area contributed by atoms with Crippen LogP contribution in [0.1, 0.15) is 38.9 Å². The Balaban J connectivity index is 1.89. The number of nitrogens with zero attached hydrogens (tertiary/aromatic N) is 3. The molecule has 1 aromatic heterocycles. The summed E-state index contributed by atoms with van der Waals surface area (Å²) in [4.78, 5) is 2.34. The Labute approximate surface area is 97.4 Å². The smallest absolute Gasteiger partial charge is 0.0764 e. The van der Waals surface area contributed by atoms with Crippen molar-refractivity contribution >= 4 is 0 Å². The molecule has 0 aliphatic carbocycles. The summed E-state index contributed by atoms with van der Waals surface area (Å²) < 4.78 is 2.05. The zero-order valence-electron chi connectivity index (χ0n) is 10.5. The van der Waals surface area contributed by atoms with E-state index in [-0.39, 0.29) is 5.54 Å². The molecule has 2 heterocycles. The fourth-order valence-corrected chi connectivity index (χ4v) is 2.21. The van der Waals surface area contributed by atoms with Crippen LogP contribution in [-0.4, -0.2) is 33.3 Å². The molecule has 1 atom stereocenters. The normalized spacial score (nSPS) is 21.8. The van der Waals surface area contributed by atoms with Crippen molar-refractivity contribution in [3.8, 4) is 0 Å². The number of hydrogen-bond donors (Lipinski definition) is 1. The molecule has 0 spiro atoms. The van der Waals surface area contributed by atoms with Gasteiger partial charge in [0.2, 0.25) is 0 Å². The van der Waals surface area contributed by atoms with Gasteiger partial charge in [-0.15, -0.1) is 0 Å². The van der Waals surface area contributed by atoms with E-state index in [1.54, 1.807) is 0 Å². The Morgan fingerprint density at radius 2 is 2.25 bits per heavy atom. The number of rotatable bonds is 4. The first-order valence-electron chi connectivity index (χ1n) is 6.05. The van der Waals surface area contributed by atoms with Crippen molar-refractivity contribution in [1.29, 1.82) is 0 Å². The predicted molar refractivity (Wildman–Crippen MR) is 65.1 cm³/mol. The van der Waals surface area contributed by atoms with Crippen LogP contribution < -0.4 is 5.73 Å². The summed E-state index contributed by atoms with van der Waals surface area (Å²) in [5.41, 5.74) is 7.14. The lowest BCUT2D eigenvalue weighted by molar-refractivity contribution is 0.0748. The van der Waals surface area contributed by atoms with Crippen molar-refractivity contribution in [2.24, 2.45) is 5.73 Å². The molecule has 1 saturated heterocycles. The highest BCUT2D eigenvalue weighted by Crippen LogP contribution is 2.19. The molecule has 1 fully saturated rings. The van der Waals surface area contributed by atoms with Crippen LogP contribution in [0, 0.1) is 0 Å². The lowest BCUT2D eigenvalue weighted by atomic mass is 9.94. The number of nitrogens with two attached hydrogens (primary N) is 1. The molecule has 2 rings (SSSR count). The Hall–Kier alpha value is -0.870. The zero-order valence-corrected chi connectivity index (χ0v) is 10.5. The SMILES string of the molecule is CCC(C)n1ccc(CN2CC(C)(N)C2)n1. The van der Waals surface area contributed by atoms with Crippen LogP contribution in [-0.2, 0) is 6.54 Å². The monoisotopic (exact) mass is 222 g/mol. The molecule has 0 saturated carbocycles. The minimum Gasteiger partial charge on any atom is -0.323 e. The molecule has 4 heteroatoms. The van der Waals surface area contributed by atoms with Crippen LogP contribution >= 0.6 is 0 Å². The molecular formula is C12H22N4. The van der Waals surface area contributed by atoms with Gasteiger partial charge in [-0.3, -0.25) is 9.58 Å². The third-order valence-electron chi connectivity index (χ3n) is 3.26. The standard InChI is InChI=1S/C12H22N4/c1-4-10(2)16-6-5-11(14-16)7-15-8-12(3,13)9-15/h5-6,10H,4,7-9,13H2,1-3H3. The topological polar surface area (TPSA) is 47.1 Å². The predicted octanol–water partition coefficient (Wildman–Crippen LogP) is 1.39. The van der Waals surface area contributed by atoms with E-state index in [2.05, 4.69) is 47.7 Å². The van der Waals surface area contributed by atoms with Crippen LogP contribution in [0.2, 0.25) is 0 Å². The second-order valence-electron chi connectivity index (χ2n) is 5.34. The van der Waals surface area contributed by atoms with E-state index in [4.69, 9.17) is 5.73 Å². The molecule has 0 aromatic carbocycles. The Morgan fingerprint density at radius 3 is 2.81 bits per heavy atom. The van der Waals surface area contributed by atoms with E-state index in [1.165, 1.54) is 0 Å². The van der Waals surface area contributed by atoms with Gasteiger partial charge in [0.05, 0.1) is 5.69 Å². The first-order valence-corrected chi connectivity index (χ1v) is 6.05. The maximum Gasteiger partial charge on any atom is 0.0764 e. The Bertz CT molecular complexity index is 348. The van der Waals surface area contributed by atoms with Crippen molar-refractivity contribution in [2.75, 3.05) is 13.1 Å². The molecule has 0 amide bonds. The molecule has 1 aliphatic rings. The van der Waals surface area contributed by atoms with Crippen LogP contribution in [0.3, 0.4) is 0 Å². The van der Waals surface area contributed by atoms with Gasteiger partial charge in [-0.1, -0.05) is 6.92 Å². The molecule has 1 unspecified atom stereocenters. The lowest BCUT2D eigenvalue weighted by Gasteiger charge is -2.45. The van der Waals surface area contributed by atoms with Gasteiger partial charge in [0.15, 0.2) is 0 Å². The van der Waals surface area contributed by atoms with Crippen LogP contribution in [0.25, 0.3) is 0 Å². The van der Waals surface area contributed by atoms with Gasteiger partial charge in [0.1, 0.15) is 0 Å². The highest BCUT2D eigenvalue weighted by atomic mass is 15.3. The summed E-state index contributed by atoms with van der Waals surface area (Å²) in [5.74, 6) is 0. The average molecular weight is 222 g/mol. The first-order chi connectivity index (χ1) is 7.50. The summed E-state index contributed by atoms with van der Waals surface area (Å²) in [6, 6.07) is 2.60. The summed E-state index contributed by atoms with van der Waals surface area (Å²) in [6.07, 6.45) is 3.19. The zero-order chi connectivity index (χ0) is 11.8. The van der Waals surface area contributed by atoms with Crippen LogP contribution in [0.5, 0.6) is 0 Å². The Kier molecular flexibility index (Phi) is 3.04. The first kappa shape index (κ1) is 11.6. The van der Waals surface area contributed by atoms with E-state index < -0.39 is 0 Å². The number of hydrogen-bond acceptors (Lipinski definition) is 3. The van der Waals surface area contributed by atoms with Gasteiger partial charge in [0, 0.05) is 37.4 Å². The molecule has 1 aliphatic heterocycles. The average Bonchev–Trinajstić information content (AvgIpc) is 2.62. The highest BCUT2D eigenvalue weighted by molar-refractivity contribution is 5.04. The van der Waals surface area contributed by atoms with Gasteiger partial charge in [-0.2, -0.15) is 5.10 Å². The molecular weight excluding hydrogens is 200 g/mol. The largest absolute Gasteiger partial charge is 0.323 e. The minimum atomic E-state index is 0.0132. The van der Waals surface area contributed by atoms with Gasteiger partial charge >= 0.3 is 0 Å². The maximum atomic E-state index is 5.97. The summed E-state index contributed by atoms with van der Waals surface area (Å²) in [5, 5.41) is 4.58.